The lowest BCUT2D eigenvalue weighted by atomic mass is 10.1. The van der Waals surface area contributed by atoms with Crippen LogP contribution in [-0.4, -0.2) is 9.38 Å². The van der Waals surface area contributed by atoms with Gasteiger partial charge in [0.05, 0.1) is 5.69 Å². The molecule has 0 unspecified atom stereocenters. The first-order valence-corrected chi connectivity index (χ1v) is 6.47. The Kier molecular flexibility index (Phi) is 3.05. The number of hydrogen-bond donors (Lipinski definition) is 1. The first kappa shape index (κ1) is 11.9. The van der Waals surface area contributed by atoms with Crippen molar-refractivity contribution in [2.45, 2.75) is 19.9 Å². The van der Waals surface area contributed by atoms with Gasteiger partial charge in [-0.15, -0.1) is 0 Å². The number of rotatable bonds is 3. The Hall–Kier alpha value is -2.13. The average molecular weight is 251 g/mol. The molecule has 3 rings (SSSR count). The Morgan fingerprint density at radius 3 is 2.68 bits per heavy atom. The van der Waals surface area contributed by atoms with Crippen molar-refractivity contribution >= 4 is 5.65 Å². The minimum Gasteiger partial charge on any atom is -0.326 e. The SMILES string of the molecule is Cc1ccc(Cc2cn3cccc(CN)c3n2)cc1. The molecular formula is C16H17N3. The van der Waals surface area contributed by atoms with E-state index < -0.39 is 0 Å². The zero-order chi connectivity index (χ0) is 13.2. The van der Waals surface area contributed by atoms with Crippen LogP contribution in [0.1, 0.15) is 22.4 Å². The number of imidazole rings is 1. The second kappa shape index (κ2) is 4.86. The van der Waals surface area contributed by atoms with Gasteiger partial charge in [0.15, 0.2) is 0 Å². The maximum Gasteiger partial charge on any atom is 0.141 e. The normalized spacial score (nSPS) is 11.1. The summed E-state index contributed by atoms with van der Waals surface area (Å²) in [5, 5.41) is 0. The highest BCUT2D eigenvalue weighted by atomic mass is 15.0. The summed E-state index contributed by atoms with van der Waals surface area (Å²) in [6, 6.07) is 12.6. The van der Waals surface area contributed by atoms with E-state index in [-0.39, 0.29) is 0 Å². The molecule has 19 heavy (non-hydrogen) atoms. The van der Waals surface area contributed by atoms with Gasteiger partial charge in [0.2, 0.25) is 0 Å². The monoisotopic (exact) mass is 251 g/mol. The van der Waals surface area contributed by atoms with Crippen LogP contribution in [0.2, 0.25) is 0 Å². The van der Waals surface area contributed by atoms with Gasteiger partial charge in [-0.2, -0.15) is 0 Å². The summed E-state index contributed by atoms with van der Waals surface area (Å²) in [5.74, 6) is 0. The van der Waals surface area contributed by atoms with Gasteiger partial charge >= 0.3 is 0 Å². The van der Waals surface area contributed by atoms with E-state index in [0.717, 1.165) is 23.3 Å². The lowest BCUT2D eigenvalue weighted by molar-refractivity contribution is 1.04. The summed E-state index contributed by atoms with van der Waals surface area (Å²) < 4.78 is 2.05. The van der Waals surface area contributed by atoms with Crippen LogP contribution in [0, 0.1) is 6.92 Å². The molecule has 0 bridgehead atoms. The molecule has 0 radical (unpaired) electrons. The van der Waals surface area contributed by atoms with E-state index in [4.69, 9.17) is 5.73 Å². The van der Waals surface area contributed by atoms with Gasteiger partial charge in [0.1, 0.15) is 5.65 Å². The second-order valence-corrected chi connectivity index (χ2v) is 4.86. The van der Waals surface area contributed by atoms with Crippen molar-refractivity contribution in [2.24, 2.45) is 5.73 Å². The van der Waals surface area contributed by atoms with Crippen molar-refractivity contribution < 1.29 is 0 Å². The largest absolute Gasteiger partial charge is 0.326 e. The fourth-order valence-corrected chi connectivity index (χ4v) is 2.28. The van der Waals surface area contributed by atoms with Gasteiger partial charge in [-0.05, 0) is 18.6 Å². The number of hydrogen-bond acceptors (Lipinski definition) is 2. The standard InChI is InChI=1S/C16H17N3/c1-12-4-6-13(7-5-12)9-15-11-19-8-2-3-14(10-17)16(19)18-15/h2-8,11H,9-10,17H2,1H3. The Morgan fingerprint density at radius 2 is 1.95 bits per heavy atom. The third kappa shape index (κ3) is 2.37. The van der Waals surface area contributed by atoms with Crippen molar-refractivity contribution in [3.8, 4) is 0 Å². The van der Waals surface area contributed by atoms with E-state index >= 15 is 0 Å². The predicted molar refractivity (Wildman–Crippen MR) is 77.1 cm³/mol. The molecule has 2 heterocycles. The van der Waals surface area contributed by atoms with E-state index in [2.05, 4.69) is 42.4 Å². The predicted octanol–water partition coefficient (Wildman–Crippen LogP) is 2.69. The van der Waals surface area contributed by atoms with Crippen LogP contribution in [0.4, 0.5) is 0 Å². The van der Waals surface area contributed by atoms with Crippen LogP contribution in [0.25, 0.3) is 5.65 Å². The average Bonchev–Trinajstić information content (AvgIpc) is 2.83. The van der Waals surface area contributed by atoms with Crippen LogP contribution in [0.15, 0.2) is 48.8 Å². The molecular weight excluding hydrogens is 234 g/mol. The first-order chi connectivity index (χ1) is 9.26. The topological polar surface area (TPSA) is 43.3 Å². The van der Waals surface area contributed by atoms with Crippen molar-refractivity contribution in [3.63, 3.8) is 0 Å². The summed E-state index contributed by atoms with van der Waals surface area (Å²) >= 11 is 0. The molecule has 0 atom stereocenters. The van der Waals surface area contributed by atoms with E-state index in [0.29, 0.717) is 6.54 Å². The molecule has 0 aliphatic heterocycles. The molecule has 3 heteroatoms. The fraction of sp³-hybridized carbons (Fsp3) is 0.188. The highest BCUT2D eigenvalue weighted by molar-refractivity contribution is 5.49. The van der Waals surface area contributed by atoms with Crippen LogP contribution < -0.4 is 5.73 Å². The summed E-state index contributed by atoms with van der Waals surface area (Å²) in [7, 11) is 0. The van der Waals surface area contributed by atoms with E-state index in [1.165, 1.54) is 11.1 Å². The van der Waals surface area contributed by atoms with E-state index in [1.807, 2.05) is 22.7 Å². The van der Waals surface area contributed by atoms with Gasteiger partial charge in [-0.3, -0.25) is 0 Å². The van der Waals surface area contributed by atoms with Gasteiger partial charge in [0, 0.05) is 30.9 Å². The van der Waals surface area contributed by atoms with Crippen LogP contribution in [0.5, 0.6) is 0 Å². The molecule has 96 valence electrons. The smallest absolute Gasteiger partial charge is 0.141 e. The molecule has 2 aromatic heterocycles. The number of nitrogens with two attached hydrogens (primary N) is 1. The number of fused-ring (bicyclic) bond motifs is 1. The summed E-state index contributed by atoms with van der Waals surface area (Å²) in [6.07, 6.45) is 4.94. The Balaban J connectivity index is 1.95. The third-order valence-corrected chi connectivity index (χ3v) is 3.34. The van der Waals surface area contributed by atoms with Gasteiger partial charge in [0.25, 0.3) is 0 Å². The van der Waals surface area contributed by atoms with Crippen molar-refractivity contribution in [2.75, 3.05) is 0 Å². The lowest BCUT2D eigenvalue weighted by Gasteiger charge is -1.98. The maximum atomic E-state index is 5.74. The molecule has 0 aliphatic rings. The van der Waals surface area contributed by atoms with Crippen LogP contribution in [0.3, 0.4) is 0 Å². The molecule has 2 N–H and O–H groups in total. The Labute approximate surface area is 112 Å². The van der Waals surface area contributed by atoms with Gasteiger partial charge in [-0.1, -0.05) is 35.9 Å². The summed E-state index contributed by atoms with van der Waals surface area (Å²) in [6.45, 7) is 2.62. The minimum atomic E-state index is 0.519. The highest BCUT2D eigenvalue weighted by Gasteiger charge is 2.05. The Bertz CT molecular complexity index is 696. The summed E-state index contributed by atoms with van der Waals surface area (Å²) in [5.41, 5.74) is 11.4. The third-order valence-electron chi connectivity index (χ3n) is 3.34. The number of aryl methyl sites for hydroxylation is 1. The Morgan fingerprint density at radius 1 is 1.16 bits per heavy atom. The van der Waals surface area contributed by atoms with Crippen LogP contribution >= 0.6 is 0 Å². The molecule has 0 spiro atoms. The number of aromatic nitrogens is 2. The minimum absolute atomic E-state index is 0.519. The van der Waals surface area contributed by atoms with Crippen molar-refractivity contribution in [1.82, 2.24) is 9.38 Å². The molecule has 0 saturated heterocycles. The van der Waals surface area contributed by atoms with Gasteiger partial charge < -0.3 is 10.1 Å². The second-order valence-electron chi connectivity index (χ2n) is 4.86. The van der Waals surface area contributed by atoms with Gasteiger partial charge in [-0.25, -0.2) is 4.98 Å². The van der Waals surface area contributed by atoms with E-state index in [1.54, 1.807) is 0 Å². The summed E-state index contributed by atoms with van der Waals surface area (Å²) in [4.78, 5) is 4.68. The van der Waals surface area contributed by atoms with E-state index in [9.17, 15) is 0 Å². The number of nitrogens with zero attached hydrogens (tertiary/aromatic N) is 2. The molecule has 0 amide bonds. The number of benzene rings is 1. The molecule has 0 fully saturated rings. The number of pyridine rings is 1. The zero-order valence-corrected chi connectivity index (χ0v) is 11.0. The molecule has 0 saturated carbocycles. The lowest BCUT2D eigenvalue weighted by Crippen LogP contribution is -1.99. The highest BCUT2D eigenvalue weighted by Crippen LogP contribution is 2.14. The quantitative estimate of drug-likeness (QED) is 0.777. The first-order valence-electron chi connectivity index (χ1n) is 6.47. The molecule has 0 aliphatic carbocycles. The molecule has 3 aromatic rings. The molecule has 3 nitrogen and oxygen atoms in total. The van der Waals surface area contributed by atoms with Crippen LogP contribution in [-0.2, 0) is 13.0 Å². The van der Waals surface area contributed by atoms with Crippen molar-refractivity contribution in [3.05, 3.63) is 71.2 Å². The molecule has 1 aromatic carbocycles. The van der Waals surface area contributed by atoms with Crippen molar-refractivity contribution in [1.29, 1.82) is 0 Å². The maximum absolute atomic E-state index is 5.74. The zero-order valence-electron chi connectivity index (χ0n) is 11.0. The fourth-order valence-electron chi connectivity index (χ4n) is 2.28.